The molecule has 0 saturated carbocycles. The number of anilines is 1. The largest absolute Gasteiger partial charge is 0.373 e. The van der Waals surface area contributed by atoms with Gasteiger partial charge in [0.25, 0.3) is 0 Å². The predicted molar refractivity (Wildman–Crippen MR) is 103 cm³/mol. The van der Waals surface area contributed by atoms with E-state index in [1.807, 2.05) is 0 Å². The molecular formula is C20H13ClF2N4. The smallest absolute Gasteiger partial charge is 0.163 e. The Hall–Kier alpha value is -3.12. The van der Waals surface area contributed by atoms with E-state index in [1.54, 1.807) is 43.7 Å². The van der Waals surface area contributed by atoms with Gasteiger partial charge in [0, 0.05) is 30.4 Å². The van der Waals surface area contributed by atoms with Crippen LogP contribution in [0.25, 0.3) is 33.4 Å². The van der Waals surface area contributed by atoms with Crippen LogP contribution in [0.15, 0.2) is 54.9 Å². The summed E-state index contributed by atoms with van der Waals surface area (Å²) < 4.78 is 28.3. The van der Waals surface area contributed by atoms with Crippen LogP contribution in [-0.2, 0) is 0 Å². The van der Waals surface area contributed by atoms with Crippen LogP contribution in [0.4, 0.5) is 14.6 Å². The highest BCUT2D eigenvalue weighted by molar-refractivity contribution is 6.31. The highest BCUT2D eigenvalue weighted by Gasteiger charge is 2.15. The van der Waals surface area contributed by atoms with Crippen LogP contribution in [0, 0.1) is 11.6 Å². The molecule has 0 radical (unpaired) electrons. The minimum absolute atomic E-state index is 0.0231. The molecule has 4 rings (SSSR count). The van der Waals surface area contributed by atoms with Gasteiger partial charge in [-0.15, -0.1) is 0 Å². The van der Waals surface area contributed by atoms with Gasteiger partial charge in [0.15, 0.2) is 5.82 Å². The fourth-order valence-electron chi connectivity index (χ4n) is 2.85. The maximum Gasteiger partial charge on any atom is 0.163 e. The zero-order valence-electron chi connectivity index (χ0n) is 14.2. The normalized spacial score (nSPS) is 11.0. The van der Waals surface area contributed by atoms with Gasteiger partial charge in [0.05, 0.1) is 5.02 Å². The van der Waals surface area contributed by atoms with Gasteiger partial charge in [-0.05, 0) is 47.5 Å². The second-order valence-corrected chi connectivity index (χ2v) is 6.28. The van der Waals surface area contributed by atoms with Crippen molar-refractivity contribution in [3.63, 3.8) is 0 Å². The lowest BCUT2D eigenvalue weighted by Crippen LogP contribution is -2.01. The maximum absolute atomic E-state index is 14.9. The van der Waals surface area contributed by atoms with Gasteiger partial charge in [-0.25, -0.2) is 18.7 Å². The van der Waals surface area contributed by atoms with Crippen LogP contribution < -0.4 is 5.32 Å². The first-order valence-corrected chi connectivity index (χ1v) is 8.49. The van der Waals surface area contributed by atoms with Gasteiger partial charge in [0.1, 0.15) is 23.0 Å². The number of pyridine rings is 1. The monoisotopic (exact) mass is 382 g/mol. The summed E-state index contributed by atoms with van der Waals surface area (Å²) in [6.45, 7) is 0. The molecule has 0 amide bonds. The van der Waals surface area contributed by atoms with Crippen molar-refractivity contribution in [1.29, 1.82) is 0 Å². The first-order chi connectivity index (χ1) is 13.1. The summed E-state index contributed by atoms with van der Waals surface area (Å²) >= 11 is 5.86. The fourth-order valence-corrected chi connectivity index (χ4v) is 3.03. The van der Waals surface area contributed by atoms with E-state index in [-0.39, 0.29) is 10.5 Å². The van der Waals surface area contributed by atoms with E-state index in [0.29, 0.717) is 33.7 Å². The minimum atomic E-state index is -0.526. The Morgan fingerprint density at radius 2 is 1.78 bits per heavy atom. The number of halogens is 3. The average Bonchev–Trinajstić information content (AvgIpc) is 2.70. The summed E-state index contributed by atoms with van der Waals surface area (Å²) in [4.78, 5) is 12.9. The Morgan fingerprint density at radius 1 is 0.926 bits per heavy atom. The minimum Gasteiger partial charge on any atom is -0.373 e. The number of benzene rings is 2. The molecule has 1 N–H and O–H groups in total. The van der Waals surface area contributed by atoms with Crippen molar-refractivity contribution < 1.29 is 8.78 Å². The van der Waals surface area contributed by atoms with Crippen LogP contribution in [0.5, 0.6) is 0 Å². The molecule has 0 aliphatic carbocycles. The molecule has 0 spiro atoms. The second-order valence-electron chi connectivity index (χ2n) is 5.87. The van der Waals surface area contributed by atoms with E-state index >= 15 is 0 Å². The first-order valence-electron chi connectivity index (χ1n) is 8.11. The van der Waals surface area contributed by atoms with Crippen molar-refractivity contribution in [2.45, 2.75) is 0 Å². The number of hydrogen-bond acceptors (Lipinski definition) is 4. The molecule has 0 aliphatic rings. The molecule has 0 aliphatic heterocycles. The number of rotatable bonds is 3. The predicted octanol–water partition coefficient (Wildman–Crippen LogP) is 5.33. The molecule has 2 aromatic heterocycles. The van der Waals surface area contributed by atoms with E-state index in [9.17, 15) is 8.78 Å². The highest BCUT2D eigenvalue weighted by atomic mass is 35.5. The van der Waals surface area contributed by atoms with E-state index in [0.717, 1.165) is 0 Å². The Bertz CT molecular complexity index is 1150. The number of aromatic nitrogens is 3. The van der Waals surface area contributed by atoms with Gasteiger partial charge in [-0.3, -0.25) is 4.98 Å². The van der Waals surface area contributed by atoms with E-state index in [4.69, 9.17) is 11.6 Å². The molecule has 7 heteroatoms. The van der Waals surface area contributed by atoms with Crippen molar-refractivity contribution in [3.05, 3.63) is 71.5 Å². The third kappa shape index (κ3) is 3.19. The maximum atomic E-state index is 14.9. The number of nitrogens with zero attached hydrogens (tertiary/aromatic N) is 3. The van der Waals surface area contributed by atoms with E-state index in [2.05, 4.69) is 20.3 Å². The molecule has 0 saturated heterocycles. The molecule has 0 bridgehead atoms. The summed E-state index contributed by atoms with van der Waals surface area (Å²) in [6.07, 6.45) is 3.26. The van der Waals surface area contributed by atoms with Crippen molar-refractivity contribution in [1.82, 2.24) is 15.0 Å². The standard InChI is InChI=1S/C20H13ClF2N4/c1-24-20-14-7-13(11-4-5-16(22)15(21)8-11)9-17(23)18(14)26-19(27-20)12-3-2-6-25-10-12/h2-10H,1H3,(H,24,26,27). The summed E-state index contributed by atoms with van der Waals surface area (Å²) in [6, 6.07) is 10.9. The topological polar surface area (TPSA) is 50.7 Å². The third-order valence-corrected chi connectivity index (χ3v) is 4.45. The number of fused-ring (bicyclic) bond motifs is 1. The van der Waals surface area contributed by atoms with Crippen LogP contribution in [0.2, 0.25) is 5.02 Å². The molecular weight excluding hydrogens is 370 g/mol. The lowest BCUT2D eigenvalue weighted by molar-refractivity contribution is 0.628. The van der Waals surface area contributed by atoms with Crippen LogP contribution in [-0.4, -0.2) is 22.0 Å². The molecule has 134 valence electrons. The van der Waals surface area contributed by atoms with Gasteiger partial charge in [-0.1, -0.05) is 17.7 Å². The zero-order valence-corrected chi connectivity index (χ0v) is 14.9. The lowest BCUT2D eigenvalue weighted by Gasteiger charge is -2.11. The van der Waals surface area contributed by atoms with Gasteiger partial charge in [-0.2, -0.15) is 0 Å². The van der Waals surface area contributed by atoms with Gasteiger partial charge >= 0.3 is 0 Å². The third-order valence-electron chi connectivity index (χ3n) is 4.16. The summed E-state index contributed by atoms with van der Waals surface area (Å²) in [5.74, 6) is -0.182. The molecule has 0 atom stereocenters. The van der Waals surface area contributed by atoms with E-state index < -0.39 is 11.6 Å². The summed E-state index contributed by atoms with van der Waals surface area (Å²) in [7, 11) is 1.70. The molecule has 4 nitrogen and oxygen atoms in total. The Morgan fingerprint density at radius 3 is 2.48 bits per heavy atom. The molecule has 2 aromatic carbocycles. The summed E-state index contributed by atoms with van der Waals surface area (Å²) in [5.41, 5.74) is 2.02. The van der Waals surface area contributed by atoms with Crippen molar-refractivity contribution in [2.24, 2.45) is 0 Å². The molecule has 2 heterocycles. The second kappa shape index (κ2) is 6.89. The highest BCUT2D eigenvalue weighted by Crippen LogP contribution is 2.32. The SMILES string of the molecule is CNc1nc(-c2cccnc2)nc2c(F)cc(-c3ccc(F)c(Cl)c3)cc12. The Labute approximate surface area is 158 Å². The Balaban J connectivity index is 1.93. The van der Waals surface area contributed by atoms with Crippen LogP contribution in [0.1, 0.15) is 0 Å². The average molecular weight is 383 g/mol. The first kappa shape index (κ1) is 17.3. The van der Waals surface area contributed by atoms with Crippen LogP contribution in [0.3, 0.4) is 0 Å². The quantitative estimate of drug-likeness (QED) is 0.520. The van der Waals surface area contributed by atoms with Gasteiger partial charge in [0.2, 0.25) is 0 Å². The van der Waals surface area contributed by atoms with Crippen molar-refractivity contribution in [2.75, 3.05) is 12.4 Å². The lowest BCUT2D eigenvalue weighted by atomic mass is 10.0. The van der Waals surface area contributed by atoms with Gasteiger partial charge < -0.3 is 5.32 Å². The molecule has 0 fully saturated rings. The molecule has 0 unspecified atom stereocenters. The fraction of sp³-hybridized carbons (Fsp3) is 0.0500. The zero-order chi connectivity index (χ0) is 19.0. The van der Waals surface area contributed by atoms with E-state index in [1.165, 1.54) is 18.2 Å². The number of nitrogens with one attached hydrogen (secondary N) is 1. The van der Waals surface area contributed by atoms with Crippen molar-refractivity contribution >= 4 is 28.3 Å². The van der Waals surface area contributed by atoms with Crippen molar-refractivity contribution in [3.8, 4) is 22.5 Å². The summed E-state index contributed by atoms with van der Waals surface area (Å²) in [5, 5.41) is 3.47. The molecule has 4 aromatic rings. The number of hydrogen-bond donors (Lipinski definition) is 1. The van der Waals surface area contributed by atoms with Crippen LogP contribution >= 0.6 is 11.6 Å². The molecule has 27 heavy (non-hydrogen) atoms. The Kier molecular flexibility index (Phi) is 4.41.